The van der Waals surface area contributed by atoms with Gasteiger partial charge in [-0.05, 0) is 127 Å². The molecule has 9 aromatic carbocycles. The number of hydrogen-bond donors (Lipinski definition) is 0. The van der Waals surface area contributed by atoms with Crippen LogP contribution < -0.4 is 0 Å². The van der Waals surface area contributed by atoms with Crippen molar-refractivity contribution in [2.45, 2.75) is 191 Å². The Morgan fingerprint density at radius 3 is 0.670 bits per heavy atom. The predicted molar refractivity (Wildman–Crippen MR) is 450 cm³/mol. The van der Waals surface area contributed by atoms with E-state index in [0.29, 0.717) is 0 Å². The van der Waals surface area contributed by atoms with Crippen molar-refractivity contribution in [3.8, 4) is 44.5 Å². The van der Waals surface area contributed by atoms with E-state index in [4.69, 9.17) is 0 Å². The number of hydrogen-bond acceptors (Lipinski definition) is 0. The molecule has 0 bridgehead atoms. The standard InChI is InChI=1S/C19H20.C14H14.3C13H12.C5H12.C4H6.2C3H8.5C2H6/c1-4-6-16(5-2)17-11-13-19(14-12-17)18-9-7-15(3)8-10-18;1-11-3-7-13(8-4-11)14-9-5-12(2)6-10-14;3*1-11-7-9-13(10-8-11)12-5-3-2-4-6-12;1-4-5(2)3;1-3-4-2;2*1-3-2;5*1-2/h4-11,13H,1-2,12,14H2,3H3;3-10H,1-2H3;3*2-10H,1H3;5H,4H2,1-3H3;3-4H,1-2H2;2*3H2,1-2H3;5*1-2H3/b16-6+;;;;;;;;;;;;;. The van der Waals surface area contributed by atoms with Crippen LogP contribution in [0, 0.1) is 47.5 Å². The zero-order chi connectivity index (χ0) is 74.0. The number of aryl methyl sites for hydroxylation is 6. The molecule has 10 rings (SSSR count). The molecule has 0 fully saturated rings. The van der Waals surface area contributed by atoms with Crippen molar-refractivity contribution in [3.05, 3.63) is 356 Å². The molecule has 0 aromatic heterocycles. The Morgan fingerprint density at radius 2 is 0.505 bits per heavy atom. The second kappa shape index (κ2) is 65.8. The lowest BCUT2D eigenvalue weighted by atomic mass is 9.89. The van der Waals surface area contributed by atoms with Crippen molar-refractivity contribution >= 4 is 5.57 Å². The summed E-state index contributed by atoms with van der Waals surface area (Å²) in [5.41, 5.74) is 23.3. The minimum absolute atomic E-state index is 0.884. The summed E-state index contributed by atoms with van der Waals surface area (Å²) in [6, 6.07) is 83.1. The highest BCUT2D eigenvalue weighted by molar-refractivity contribution is 5.70. The summed E-state index contributed by atoms with van der Waals surface area (Å²) in [5.74, 6) is 0.884. The maximum atomic E-state index is 3.86. The zero-order valence-corrected chi connectivity index (χ0v) is 65.5. The normalized spacial score (nSPS) is 9.88. The summed E-state index contributed by atoms with van der Waals surface area (Å²) in [6.07, 6.45) is 19.4. The highest BCUT2D eigenvalue weighted by atomic mass is 14.1. The van der Waals surface area contributed by atoms with Crippen LogP contribution in [-0.2, 0) is 0 Å². The number of benzene rings is 9. The maximum Gasteiger partial charge on any atom is -0.0184 e. The average molecular weight is 1300 g/mol. The molecule has 0 unspecified atom stereocenters. The Bertz CT molecular complexity index is 3060. The fourth-order valence-corrected chi connectivity index (χ4v) is 7.94. The molecule has 0 saturated heterocycles. The van der Waals surface area contributed by atoms with Gasteiger partial charge in [0.2, 0.25) is 0 Å². The van der Waals surface area contributed by atoms with Gasteiger partial charge in [0.05, 0.1) is 0 Å². The minimum atomic E-state index is 0.884. The monoisotopic (exact) mass is 1300 g/mol. The molecule has 0 saturated carbocycles. The van der Waals surface area contributed by atoms with Crippen molar-refractivity contribution in [2.24, 2.45) is 5.92 Å². The van der Waals surface area contributed by atoms with Gasteiger partial charge in [0.15, 0.2) is 0 Å². The minimum Gasteiger partial charge on any atom is -0.0991 e. The van der Waals surface area contributed by atoms with Gasteiger partial charge in [-0.2, -0.15) is 0 Å². The Labute approximate surface area is 599 Å². The van der Waals surface area contributed by atoms with Crippen LogP contribution in [0.3, 0.4) is 0 Å². The van der Waals surface area contributed by atoms with Crippen LogP contribution in [0.4, 0.5) is 0 Å². The van der Waals surface area contributed by atoms with E-state index in [1.165, 1.54) is 119 Å². The van der Waals surface area contributed by atoms with Gasteiger partial charge in [0.25, 0.3) is 0 Å². The van der Waals surface area contributed by atoms with Crippen LogP contribution in [0.5, 0.6) is 0 Å². The van der Waals surface area contributed by atoms with Crippen LogP contribution >= 0.6 is 0 Å². The van der Waals surface area contributed by atoms with Gasteiger partial charge in [0, 0.05) is 0 Å². The van der Waals surface area contributed by atoms with E-state index in [2.05, 4.69) is 347 Å². The van der Waals surface area contributed by atoms with E-state index in [1.807, 2.05) is 106 Å². The fourth-order valence-electron chi connectivity index (χ4n) is 7.94. The van der Waals surface area contributed by atoms with E-state index in [1.54, 1.807) is 12.2 Å². The fraction of sp³-hybridized carbons (Fsp3) is 0.299. The third kappa shape index (κ3) is 46.1. The Hall–Kier alpha value is -8.84. The first-order valence-corrected chi connectivity index (χ1v) is 36.3. The molecule has 0 amide bonds. The van der Waals surface area contributed by atoms with E-state index in [-0.39, 0.29) is 0 Å². The zero-order valence-electron chi connectivity index (χ0n) is 65.5. The summed E-state index contributed by atoms with van der Waals surface area (Å²) in [4.78, 5) is 0. The quantitative estimate of drug-likeness (QED) is 0.120. The molecule has 0 spiro atoms. The molecule has 0 heteroatoms. The first-order chi connectivity index (χ1) is 47.1. The van der Waals surface area contributed by atoms with Gasteiger partial charge < -0.3 is 0 Å². The highest BCUT2D eigenvalue weighted by Gasteiger charge is 2.10. The van der Waals surface area contributed by atoms with E-state index in [9.17, 15) is 0 Å². The summed E-state index contributed by atoms with van der Waals surface area (Å²) in [7, 11) is 0. The topological polar surface area (TPSA) is 0 Å². The predicted octanol–water partition coefficient (Wildman–Crippen LogP) is 31.7. The first kappa shape index (κ1) is 94.6. The second-order valence-electron chi connectivity index (χ2n) is 21.9. The Balaban J connectivity index is -0.000000515. The van der Waals surface area contributed by atoms with Crippen molar-refractivity contribution in [2.75, 3.05) is 0 Å². The summed E-state index contributed by atoms with van der Waals surface area (Å²) < 4.78 is 0. The largest absolute Gasteiger partial charge is 0.0991 e. The highest BCUT2D eigenvalue weighted by Crippen LogP contribution is 2.31. The van der Waals surface area contributed by atoms with Gasteiger partial charge in [-0.25, -0.2) is 0 Å². The lowest BCUT2D eigenvalue weighted by Crippen LogP contribution is -1.95. The van der Waals surface area contributed by atoms with Crippen LogP contribution in [-0.4, -0.2) is 0 Å². The SMILES string of the molecule is C=C/C=C(\C=C)C1=CC=C(c2ccc(C)cc2)CC1.C=CC=C.CC.CC.CC.CC.CC.CCC.CCC.CCC(C)C.Cc1ccc(-c2ccc(C)cc2)cc1.Cc1ccc(-c2ccccc2)cc1.Cc1ccc(-c2ccccc2)cc1.Cc1ccc(-c2ccccc2)cc1. The van der Waals surface area contributed by atoms with Crippen LogP contribution in [0.15, 0.2) is 317 Å². The van der Waals surface area contributed by atoms with Gasteiger partial charge in [-0.1, -0.05) is 476 Å². The average Bonchev–Trinajstić information content (AvgIpc) is 1.30. The third-order valence-corrected chi connectivity index (χ3v) is 13.4. The van der Waals surface area contributed by atoms with E-state index >= 15 is 0 Å². The lowest BCUT2D eigenvalue weighted by Gasteiger charge is -2.16. The molecule has 9 aromatic rings. The van der Waals surface area contributed by atoms with E-state index < -0.39 is 0 Å². The smallest absolute Gasteiger partial charge is 0.0184 e. The molecule has 1 aliphatic carbocycles. The molecule has 97 heavy (non-hydrogen) atoms. The molecule has 0 N–H and O–H groups in total. The van der Waals surface area contributed by atoms with Crippen molar-refractivity contribution < 1.29 is 0 Å². The Morgan fingerprint density at radius 1 is 0.299 bits per heavy atom. The van der Waals surface area contributed by atoms with Crippen LogP contribution in [0.1, 0.15) is 189 Å². The molecule has 0 atom stereocenters. The molecule has 522 valence electrons. The van der Waals surface area contributed by atoms with Crippen LogP contribution in [0.25, 0.3) is 50.1 Å². The summed E-state index contributed by atoms with van der Waals surface area (Å²) >= 11 is 0. The molecule has 0 heterocycles. The van der Waals surface area contributed by atoms with Gasteiger partial charge >= 0.3 is 0 Å². The van der Waals surface area contributed by atoms with Crippen LogP contribution in [0.2, 0.25) is 0 Å². The third-order valence-electron chi connectivity index (χ3n) is 13.4. The number of rotatable bonds is 10. The van der Waals surface area contributed by atoms with Gasteiger partial charge in [0.1, 0.15) is 0 Å². The molecular formula is C97H134. The van der Waals surface area contributed by atoms with Crippen molar-refractivity contribution in [1.82, 2.24) is 0 Å². The molecule has 0 nitrogen and oxygen atoms in total. The second-order valence-corrected chi connectivity index (χ2v) is 21.9. The molecule has 0 radical (unpaired) electrons. The van der Waals surface area contributed by atoms with E-state index in [0.717, 1.165) is 18.8 Å². The maximum absolute atomic E-state index is 3.86. The first-order valence-electron chi connectivity index (χ1n) is 36.3. The Kier molecular flexibility index (Phi) is 64.1. The number of allylic oxidation sites excluding steroid dienone is 10. The van der Waals surface area contributed by atoms with Gasteiger partial charge in [-0.15, -0.1) is 0 Å². The summed E-state index contributed by atoms with van der Waals surface area (Å²) in [5, 5.41) is 0. The summed E-state index contributed by atoms with van der Waals surface area (Å²) in [6.45, 7) is 62.1. The van der Waals surface area contributed by atoms with Crippen molar-refractivity contribution in [3.63, 3.8) is 0 Å². The van der Waals surface area contributed by atoms with Crippen molar-refractivity contribution in [1.29, 1.82) is 0 Å². The lowest BCUT2D eigenvalue weighted by molar-refractivity contribution is 0.626. The molecule has 0 aliphatic heterocycles. The molecular weight excluding hydrogens is 1170 g/mol. The molecule has 1 aliphatic rings. The van der Waals surface area contributed by atoms with Gasteiger partial charge in [-0.3, -0.25) is 0 Å².